The maximum atomic E-state index is 9.20. The van der Waals surface area contributed by atoms with Crippen molar-refractivity contribution in [2.75, 3.05) is 0 Å². The van der Waals surface area contributed by atoms with E-state index in [0.29, 0.717) is 16.9 Å². The number of hydrogen-bond donors (Lipinski definition) is 0. The Hall–Kier alpha value is -1.74. The van der Waals surface area contributed by atoms with Gasteiger partial charge in [-0.3, -0.25) is 0 Å². The van der Waals surface area contributed by atoms with Gasteiger partial charge in [0.1, 0.15) is 11.7 Å². The van der Waals surface area contributed by atoms with Gasteiger partial charge in [-0.1, -0.05) is 13.8 Å². The van der Waals surface area contributed by atoms with Gasteiger partial charge in [0.25, 0.3) is 0 Å². The fraction of sp³-hybridized carbons (Fsp3) is 0.538. The predicted octanol–water partition coefficient (Wildman–Crippen LogP) is 3.07. The highest BCUT2D eigenvalue weighted by Crippen LogP contribution is 2.42. The standard InChI is InChI=1S/C13H16N2O/c1-8(2)11-10(7-15)12(9(3)6-14)16-13(11,4)5/h8H,1-5H3/b12-9+. The first-order chi connectivity index (χ1) is 7.35. The van der Waals surface area contributed by atoms with Crippen LogP contribution in [0.4, 0.5) is 0 Å². The third kappa shape index (κ3) is 1.82. The molecule has 0 fully saturated rings. The van der Waals surface area contributed by atoms with E-state index in [4.69, 9.17) is 10.00 Å². The van der Waals surface area contributed by atoms with Crippen molar-refractivity contribution in [3.05, 3.63) is 22.5 Å². The molecular formula is C13H16N2O. The van der Waals surface area contributed by atoms with E-state index < -0.39 is 5.60 Å². The molecular weight excluding hydrogens is 200 g/mol. The van der Waals surface area contributed by atoms with Crippen LogP contribution in [0.15, 0.2) is 22.5 Å². The normalized spacial score (nSPS) is 21.5. The Balaban J connectivity index is 3.49. The maximum Gasteiger partial charge on any atom is 0.151 e. The third-order valence-corrected chi connectivity index (χ3v) is 2.70. The number of ether oxygens (including phenoxy) is 1. The molecule has 0 aromatic heterocycles. The first-order valence-electron chi connectivity index (χ1n) is 5.30. The Morgan fingerprint density at radius 1 is 1.31 bits per heavy atom. The summed E-state index contributed by atoms with van der Waals surface area (Å²) in [6.45, 7) is 9.59. The van der Waals surface area contributed by atoms with Gasteiger partial charge in [-0.05, 0) is 32.3 Å². The lowest BCUT2D eigenvalue weighted by molar-refractivity contribution is 0.0857. The summed E-state index contributed by atoms with van der Waals surface area (Å²) in [5.74, 6) is 0.673. The molecule has 0 radical (unpaired) electrons. The van der Waals surface area contributed by atoms with Gasteiger partial charge in [-0.15, -0.1) is 0 Å². The van der Waals surface area contributed by atoms with E-state index in [1.165, 1.54) is 0 Å². The SMILES string of the molecule is C/C(C#N)=C1\OC(C)(C)C(C(C)C)=C1C#N. The second-order valence-electron chi connectivity index (χ2n) is 4.73. The van der Waals surface area contributed by atoms with Gasteiger partial charge in [0.05, 0.1) is 17.2 Å². The van der Waals surface area contributed by atoms with Crippen LogP contribution in [0.2, 0.25) is 0 Å². The van der Waals surface area contributed by atoms with Crippen molar-refractivity contribution < 1.29 is 4.74 Å². The molecule has 0 aromatic rings. The molecule has 0 aliphatic carbocycles. The van der Waals surface area contributed by atoms with E-state index in [9.17, 15) is 5.26 Å². The van der Waals surface area contributed by atoms with Gasteiger partial charge in [-0.25, -0.2) is 0 Å². The smallest absolute Gasteiger partial charge is 0.151 e. The van der Waals surface area contributed by atoms with Crippen LogP contribution in [0.1, 0.15) is 34.6 Å². The zero-order valence-corrected chi connectivity index (χ0v) is 10.4. The van der Waals surface area contributed by atoms with E-state index in [-0.39, 0.29) is 5.92 Å². The second-order valence-corrected chi connectivity index (χ2v) is 4.73. The van der Waals surface area contributed by atoms with E-state index in [1.807, 2.05) is 33.8 Å². The summed E-state index contributed by atoms with van der Waals surface area (Å²) in [5.41, 5.74) is 1.46. The largest absolute Gasteiger partial charge is 0.481 e. The van der Waals surface area contributed by atoms with Crippen molar-refractivity contribution in [1.82, 2.24) is 0 Å². The number of rotatable bonds is 1. The van der Waals surface area contributed by atoms with Gasteiger partial charge >= 0.3 is 0 Å². The minimum Gasteiger partial charge on any atom is -0.481 e. The topological polar surface area (TPSA) is 56.8 Å². The zero-order valence-electron chi connectivity index (χ0n) is 10.4. The van der Waals surface area contributed by atoms with Gasteiger partial charge in [-0.2, -0.15) is 10.5 Å². The Labute approximate surface area is 96.6 Å². The van der Waals surface area contributed by atoms with Gasteiger partial charge in [0.2, 0.25) is 0 Å². The molecule has 0 atom stereocenters. The van der Waals surface area contributed by atoms with Crippen molar-refractivity contribution in [2.24, 2.45) is 5.92 Å². The van der Waals surface area contributed by atoms with E-state index in [0.717, 1.165) is 5.57 Å². The summed E-state index contributed by atoms with van der Waals surface area (Å²) in [6.07, 6.45) is 0. The summed E-state index contributed by atoms with van der Waals surface area (Å²) in [7, 11) is 0. The molecule has 0 saturated heterocycles. The molecule has 1 aliphatic rings. The molecule has 0 spiro atoms. The summed E-state index contributed by atoms with van der Waals surface area (Å²) in [6, 6.07) is 4.20. The van der Waals surface area contributed by atoms with E-state index in [2.05, 4.69) is 6.07 Å². The number of nitrogens with zero attached hydrogens (tertiary/aromatic N) is 2. The van der Waals surface area contributed by atoms with Crippen LogP contribution in [0.3, 0.4) is 0 Å². The first-order valence-corrected chi connectivity index (χ1v) is 5.30. The third-order valence-electron chi connectivity index (χ3n) is 2.70. The highest BCUT2D eigenvalue weighted by atomic mass is 16.5. The van der Waals surface area contributed by atoms with Gasteiger partial charge in [0, 0.05) is 0 Å². The molecule has 0 bridgehead atoms. The molecule has 0 amide bonds. The molecule has 3 heteroatoms. The zero-order chi connectivity index (χ0) is 12.5. The average Bonchev–Trinajstić information content (AvgIpc) is 2.48. The molecule has 3 nitrogen and oxygen atoms in total. The summed E-state index contributed by atoms with van der Waals surface area (Å²) >= 11 is 0. The Kier molecular flexibility index (Phi) is 3.10. The predicted molar refractivity (Wildman–Crippen MR) is 61.0 cm³/mol. The lowest BCUT2D eigenvalue weighted by Crippen LogP contribution is -2.24. The molecule has 1 aliphatic heterocycles. The molecule has 0 aromatic carbocycles. The van der Waals surface area contributed by atoms with Crippen molar-refractivity contribution in [3.63, 3.8) is 0 Å². The molecule has 0 saturated carbocycles. The highest BCUT2D eigenvalue weighted by Gasteiger charge is 2.40. The quantitative estimate of drug-likeness (QED) is 0.633. The molecule has 1 heterocycles. The first kappa shape index (κ1) is 12.3. The monoisotopic (exact) mass is 216 g/mol. The number of nitriles is 2. The van der Waals surface area contributed by atoms with Crippen molar-refractivity contribution in [2.45, 2.75) is 40.2 Å². The lowest BCUT2D eigenvalue weighted by Gasteiger charge is -2.24. The van der Waals surface area contributed by atoms with Crippen LogP contribution >= 0.6 is 0 Å². The Morgan fingerprint density at radius 3 is 2.25 bits per heavy atom. The van der Waals surface area contributed by atoms with Gasteiger partial charge in [0.15, 0.2) is 5.76 Å². The summed E-state index contributed by atoms with van der Waals surface area (Å²) < 4.78 is 5.74. The van der Waals surface area contributed by atoms with Crippen LogP contribution < -0.4 is 0 Å². The highest BCUT2D eigenvalue weighted by molar-refractivity contribution is 5.54. The minimum absolute atomic E-state index is 0.230. The van der Waals surface area contributed by atoms with E-state index >= 15 is 0 Å². The summed E-state index contributed by atoms with van der Waals surface area (Å²) in [5, 5.41) is 18.1. The van der Waals surface area contributed by atoms with Crippen molar-refractivity contribution in [1.29, 1.82) is 10.5 Å². The van der Waals surface area contributed by atoms with Crippen LogP contribution in [-0.4, -0.2) is 5.60 Å². The molecule has 1 rings (SSSR count). The van der Waals surface area contributed by atoms with Crippen LogP contribution in [0.25, 0.3) is 0 Å². The Bertz CT molecular complexity index is 453. The second kappa shape index (κ2) is 4.02. The fourth-order valence-electron chi connectivity index (χ4n) is 2.19. The van der Waals surface area contributed by atoms with Crippen molar-refractivity contribution >= 4 is 0 Å². The molecule has 16 heavy (non-hydrogen) atoms. The van der Waals surface area contributed by atoms with Crippen LogP contribution in [0, 0.1) is 28.6 Å². The molecule has 0 unspecified atom stereocenters. The lowest BCUT2D eigenvalue weighted by atomic mass is 9.86. The van der Waals surface area contributed by atoms with Crippen LogP contribution in [-0.2, 0) is 4.74 Å². The number of allylic oxidation sites excluding steroid dienone is 2. The van der Waals surface area contributed by atoms with Crippen LogP contribution in [0.5, 0.6) is 0 Å². The number of hydrogen-bond acceptors (Lipinski definition) is 3. The Morgan fingerprint density at radius 2 is 1.88 bits per heavy atom. The summed E-state index contributed by atoms with van der Waals surface area (Å²) in [4.78, 5) is 0. The van der Waals surface area contributed by atoms with Gasteiger partial charge < -0.3 is 4.74 Å². The maximum absolute atomic E-state index is 9.20. The minimum atomic E-state index is -0.493. The fourth-order valence-corrected chi connectivity index (χ4v) is 2.19. The van der Waals surface area contributed by atoms with E-state index in [1.54, 1.807) is 6.92 Å². The van der Waals surface area contributed by atoms with Crippen molar-refractivity contribution in [3.8, 4) is 12.1 Å². The molecule has 84 valence electrons. The average molecular weight is 216 g/mol. The molecule has 0 N–H and O–H groups in total.